The van der Waals surface area contributed by atoms with Gasteiger partial charge < -0.3 is 20.3 Å². The maximum Gasteiger partial charge on any atom is 0.328 e. The molecule has 9 heteroatoms. The minimum atomic E-state index is -0.694. The molecule has 1 atom stereocenters. The van der Waals surface area contributed by atoms with Crippen molar-refractivity contribution in [3.63, 3.8) is 0 Å². The Morgan fingerprint density at radius 1 is 1.21 bits per heavy atom. The van der Waals surface area contributed by atoms with E-state index in [0.29, 0.717) is 47.2 Å². The Kier molecular flexibility index (Phi) is 8.34. The number of hydrogen-bond acceptors (Lipinski definition) is 5. The van der Waals surface area contributed by atoms with Crippen molar-refractivity contribution in [3.8, 4) is 0 Å². The summed E-state index contributed by atoms with van der Waals surface area (Å²) >= 11 is 12.4. The number of benzene rings is 1. The molecule has 1 fully saturated rings. The Labute approximate surface area is 180 Å². The number of rotatable bonds is 6. The number of piperidine rings is 1. The predicted molar refractivity (Wildman–Crippen MR) is 114 cm³/mol. The number of hydrogen-bond donors (Lipinski definition) is 2. The molecular formula is C20H25Cl2N3O4. The summed E-state index contributed by atoms with van der Waals surface area (Å²) in [7, 11) is 3.02. The van der Waals surface area contributed by atoms with E-state index in [1.165, 1.54) is 13.2 Å². The molecule has 0 unspecified atom stereocenters. The standard InChI is InChI=1S/C20H25Cl2N3O4/c1-12(20(28)29-3)24-19(27)14-8-10-25(11-9-14)16(26)7-5-13-4-6-15(23-2)18(22)17(13)21/h4-7,12,14,23H,8-11H2,1-3H3,(H,24,27)/b7-5+/t12-/m0/s1. The lowest BCUT2D eigenvalue weighted by Crippen LogP contribution is -2.46. The van der Waals surface area contributed by atoms with Crippen molar-refractivity contribution in [1.82, 2.24) is 10.2 Å². The zero-order valence-electron chi connectivity index (χ0n) is 16.6. The highest BCUT2D eigenvalue weighted by Crippen LogP contribution is 2.33. The van der Waals surface area contributed by atoms with Gasteiger partial charge in [0.2, 0.25) is 11.8 Å². The van der Waals surface area contributed by atoms with Crippen molar-refractivity contribution in [3.05, 3.63) is 33.8 Å². The summed E-state index contributed by atoms with van der Waals surface area (Å²) in [6.07, 6.45) is 4.15. The van der Waals surface area contributed by atoms with Gasteiger partial charge in [-0.2, -0.15) is 0 Å². The van der Waals surface area contributed by atoms with Crippen molar-refractivity contribution in [1.29, 1.82) is 0 Å². The normalized spacial score (nSPS) is 15.8. The number of esters is 1. The summed E-state index contributed by atoms with van der Waals surface area (Å²) < 4.78 is 4.61. The number of nitrogens with zero attached hydrogens (tertiary/aromatic N) is 1. The number of nitrogens with one attached hydrogen (secondary N) is 2. The lowest BCUT2D eigenvalue weighted by molar-refractivity contribution is -0.145. The largest absolute Gasteiger partial charge is 0.467 e. The number of likely N-dealkylation sites (tertiary alicyclic amines) is 1. The Morgan fingerprint density at radius 3 is 2.45 bits per heavy atom. The average Bonchev–Trinajstić information content (AvgIpc) is 2.73. The number of anilines is 1. The van der Waals surface area contributed by atoms with Gasteiger partial charge in [-0.15, -0.1) is 0 Å². The summed E-state index contributed by atoms with van der Waals surface area (Å²) in [4.78, 5) is 37.8. The third kappa shape index (κ3) is 5.87. The lowest BCUT2D eigenvalue weighted by Gasteiger charge is -2.31. The molecule has 1 aromatic carbocycles. The Hall–Kier alpha value is -2.25. The van der Waals surface area contributed by atoms with Gasteiger partial charge in [-0.1, -0.05) is 29.3 Å². The van der Waals surface area contributed by atoms with Gasteiger partial charge in [0.25, 0.3) is 0 Å². The molecule has 2 rings (SSSR count). The van der Waals surface area contributed by atoms with Crippen molar-refractivity contribution in [2.75, 3.05) is 32.6 Å². The van der Waals surface area contributed by atoms with E-state index >= 15 is 0 Å². The van der Waals surface area contributed by atoms with Gasteiger partial charge in [-0.25, -0.2) is 4.79 Å². The third-order valence-corrected chi connectivity index (χ3v) is 5.77. The molecular weight excluding hydrogens is 417 g/mol. The average molecular weight is 442 g/mol. The number of amides is 2. The first-order chi connectivity index (χ1) is 13.8. The molecule has 0 aliphatic carbocycles. The van der Waals surface area contributed by atoms with Gasteiger partial charge in [0, 0.05) is 32.1 Å². The predicted octanol–water partition coefficient (Wildman–Crippen LogP) is 2.96. The second-order valence-electron chi connectivity index (χ2n) is 6.77. The summed E-state index contributed by atoms with van der Waals surface area (Å²) in [5.41, 5.74) is 1.36. The molecule has 0 bridgehead atoms. The Bertz CT molecular complexity index is 805. The fourth-order valence-corrected chi connectivity index (χ4v) is 3.58. The monoisotopic (exact) mass is 441 g/mol. The van der Waals surface area contributed by atoms with E-state index < -0.39 is 12.0 Å². The van der Waals surface area contributed by atoms with Crippen LogP contribution in [0.4, 0.5) is 5.69 Å². The zero-order valence-corrected chi connectivity index (χ0v) is 18.1. The van der Waals surface area contributed by atoms with Crippen LogP contribution < -0.4 is 10.6 Å². The van der Waals surface area contributed by atoms with Gasteiger partial charge in [-0.05, 0) is 37.5 Å². The van der Waals surface area contributed by atoms with E-state index in [4.69, 9.17) is 23.2 Å². The molecule has 1 aromatic rings. The molecule has 2 N–H and O–H groups in total. The fraction of sp³-hybridized carbons (Fsp3) is 0.450. The van der Waals surface area contributed by atoms with E-state index in [9.17, 15) is 14.4 Å². The van der Waals surface area contributed by atoms with Gasteiger partial charge in [0.1, 0.15) is 6.04 Å². The first-order valence-electron chi connectivity index (χ1n) is 9.29. The Balaban J connectivity index is 1.90. The maximum absolute atomic E-state index is 12.5. The molecule has 158 valence electrons. The van der Waals surface area contributed by atoms with Crippen molar-refractivity contribution in [2.45, 2.75) is 25.8 Å². The fourth-order valence-electron chi connectivity index (χ4n) is 3.08. The number of carbonyl (C=O) groups is 3. The summed E-state index contributed by atoms with van der Waals surface area (Å²) in [5.74, 6) is -1.08. The van der Waals surface area contributed by atoms with Gasteiger partial charge in [-0.3, -0.25) is 9.59 Å². The number of ether oxygens (including phenoxy) is 1. The highest BCUT2D eigenvalue weighted by Gasteiger charge is 2.28. The SMILES string of the molecule is CNc1ccc(/C=C/C(=O)N2CCC(C(=O)N[C@@H](C)C(=O)OC)CC2)c(Cl)c1Cl. The second-order valence-corrected chi connectivity index (χ2v) is 7.52. The van der Waals surface area contributed by atoms with E-state index in [2.05, 4.69) is 15.4 Å². The highest BCUT2D eigenvalue weighted by molar-refractivity contribution is 6.44. The van der Waals surface area contributed by atoms with Crippen LogP contribution in [-0.4, -0.2) is 56.0 Å². The van der Waals surface area contributed by atoms with Crippen LogP contribution in [0.5, 0.6) is 0 Å². The van der Waals surface area contributed by atoms with Crippen LogP contribution in [0.25, 0.3) is 6.08 Å². The van der Waals surface area contributed by atoms with E-state index in [1.54, 1.807) is 37.1 Å². The van der Waals surface area contributed by atoms with Crippen LogP contribution in [0.15, 0.2) is 18.2 Å². The van der Waals surface area contributed by atoms with E-state index in [1.807, 2.05) is 0 Å². The molecule has 0 radical (unpaired) electrons. The van der Waals surface area contributed by atoms with E-state index in [-0.39, 0.29) is 17.7 Å². The molecule has 0 spiro atoms. The third-order valence-electron chi connectivity index (χ3n) is 4.88. The highest BCUT2D eigenvalue weighted by atomic mass is 35.5. The molecule has 1 saturated heterocycles. The maximum atomic E-state index is 12.5. The zero-order chi connectivity index (χ0) is 21.6. The second kappa shape index (κ2) is 10.5. The first-order valence-corrected chi connectivity index (χ1v) is 10.0. The van der Waals surface area contributed by atoms with Crippen molar-refractivity contribution < 1.29 is 19.1 Å². The number of carbonyl (C=O) groups excluding carboxylic acids is 3. The topological polar surface area (TPSA) is 87.7 Å². The van der Waals surface area contributed by atoms with Crippen molar-refractivity contribution in [2.24, 2.45) is 5.92 Å². The van der Waals surface area contributed by atoms with E-state index in [0.717, 1.165) is 0 Å². The smallest absolute Gasteiger partial charge is 0.328 e. The number of methoxy groups -OCH3 is 1. The summed E-state index contributed by atoms with van der Waals surface area (Å²) in [6, 6.07) is 2.88. The van der Waals surface area contributed by atoms with Crippen LogP contribution in [0.2, 0.25) is 10.0 Å². The Morgan fingerprint density at radius 2 is 1.86 bits per heavy atom. The molecule has 0 aromatic heterocycles. The van der Waals surface area contributed by atoms with Crippen LogP contribution in [0.3, 0.4) is 0 Å². The molecule has 7 nitrogen and oxygen atoms in total. The molecule has 1 aliphatic rings. The van der Waals surface area contributed by atoms with Gasteiger partial charge in [0.05, 0.1) is 22.8 Å². The van der Waals surface area contributed by atoms with Gasteiger partial charge >= 0.3 is 5.97 Å². The molecule has 1 aliphatic heterocycles. The first kappa shape index (κ1) is 23.0. The lowest BCUT2D eigenvalue weighted by atomic mass is 9.95. The minimum absolute atomic E-state index is 0.156. The number of halogens is 2. The molecule has 0 saturated carbocycles. The molecule has 2 amide bonds. The molecule has 1 heterocycles. The molecule has 29 heavy (non-hydrogen) atoms. The summed E-state index contributed by atoms with van der Waals surface area (Å²) in [5, 5.41) is 6.36. The van der Waals surface area contributed by atoms with Crippen molar-refractivity contribution >= 4 is 52.7 Å². The van der Waals surface area contributed by atoms with Crippen LogP contribution in [0.1, 0.15) is 25.3 Å². The van der Waals surface area contributed by atoms with Gasteiger partial charge in [0.15, 0.2) is 0 Å². The minimum Gasteiger partial charge on any atom is -0.467 e. The van der Waals surface area contributed by atoms with Crippen LogP contribution in [-0.2, 0) is 19.1 Å². The summed E-state index contributed by atoms with van der Waals surface area (Å²) in [6.45, 7) is 2.50. The van der Waals surface area contributed by atoms with Crippen LogP contribution >= 0.6 is 23.2 Å². The van der Waals surface area contributed by atoms with Crippen LogP contribution in [0, 0.1) is 5.92 Å². The quantitative estimate of drug-likeness (QED) is 0.523.